The zero-order chi connectivity index (χ0) is 41.5. The average Bonchev–Trinajstić information content (AvgIpc) is 3.26. The second-order valence-electron chi connectivity index (χ2n) is 14.7. The first-order valence-corrected chi connectivity index (χ1v) is 21.3. The number of hydrogen-bond donors (Lipinski definition) is 0. The summed E-state index contributed by atoms with van der Waals surface area (Å²) in [5.74, 6) is 1.00. The first kappa shape index (κ1) is 44.2. The molecule has 0 saturated carbocycles. The predicted molar refractivity (Wildman–Crippen MR) is 233 cm³/mol. The minimum atomic E-state index is -0.556. The topological polar surface area (TPSA) is 97.4 Å². The Morgan fingerprint density at radius 1 is 0.356 bits per heavy atom. The van der Waals surface area contributed by atoms with Gasteiger partial charge in [0, 0.05) is 0 Å². The molecule has 8 heteroatoms. The number of carbonyl (C=O) groups is 3. The molecule has 310 valence electrons. The highest BCUT2D eigenvalue weighted by atomic mass is 16.5. The summed E-state index contributed by atoms with van der Waals surface area (Å²) >= 11 is 0. The maximum atomic E-state index is 12.9. The van der Waals surface area contributed by atoms with Gasteiger partial charge in [-0.25, -0.2) is 14.4 Å². The number of unbranched alkanes of at least 4 members (excludes halogenated alkanes) is 12. The van der Waals surface area contributed by atoms with E-state index in [0.29, 0.717) is 47.2 Å². The van der Waals surface area contributed by atoms with Crippen LogP contribution < -0.4 is 23.7 Å². The van der Waals surface area contributed by atoms with Crippen molar-refractivity contribution in [2.45, 2.75) is 104 Å². The third-order valence-corrected chi connectivity index (χ3v) is 9.95. The van der Waals surface area contributed by atoms with Gasteiger partial charge in [-0.15, -0.1) is 0 Å². The van der Waals surface area contributed by atoms with E-state index >= 15 is 0 Å². The highest BCUT2D eigenvalue weighted by Gasteiger charge is 2.14. The minimum Gasteiger partial charge on any atom is -0.494 e. The fourth-order valence-corrected chi connectivity index (χ4v) is 6.46. The van der Waals surface area contributed by atoms with E-state index in [0.717, 1.165) is 48.3 Å². The Hall–Kier alpha value is -5.89. The van der Waals surface area contributed by atoms with Crippen molar-refractivity contribution in [3.8, 4) is 39.9 Å². The second-order valence-corrected chi connectivity index (χ2v) is 14.7. The lowest BCUT2D eigenvalue weighted by atomic mass is 10.0. The molecule has 0 amide bonds. The number of hydrogen-bond acceptors (Lipinski definition) is 8. The highest BCUT2D eigenvalue weighted by Crippen LogP contribution is 2.26. The molecule has 5 aromatic rings. The Balaban J connectivity index is 1.00. The standard InChI is InChI=1S/C51H58O8/c1-3-5-7-8-9-10-11-12-13-14-15-16-37-56-44-26-22-40(23-27-44)49(52)58-47-30-24-41(25-31-47)50(53)57-46-28-20-39(21-29-46)42-18-17-19-43(38-42)51(54)59-48-34-32-45(33-35-48)55-36-6-4-2/h17-35,38H,3-16,36-37H2,1-2H3. The summed E-state index contributed by atoms with van der Waals surface area (Å²) in [6.07, 6.45) is 17.6. The summed E-state index contributed by atoms with van der Waals surface area (Å²) in [5.41, 5.74) is 2.73. The normalized spacial score (nSPS) is 10.8. The predicted octanol–water partition coefficient (Wildman–Crippen LogP) is 13.3. The van der Waals surface area contributed by atoms with Crippen LogP contribution in [-0.2, 0) is 0 Å². The van der Waals surface area contributed by atoms with Crippen molar-refractivity contribution in [2.75, 3.05) is 13.2 Å². The molecule has 0 fully saturated rings. The zero-order valence-electron chi connectivity index (χ0n) is 34.6. The van der Waals surface area contributed by atoms with Crippen LogP contribution in [0.15, 0.2) is 121 Å². The van der Waals surface area contributed by atoms with Crippen LogP contribution in [-0.4, -0.2) is 31.1 Å². The van der Waals surface area contributed by atoms with Gasteiger partial charge < -0.3 is 23.7 Å². The molecule has 0 spiro atoms. The number of carbonyl (C=O) groups excluding carboxylic acids is 3. The van der Waals surface area contributed by atoms with Gasteiger partial charge >= 0.3 is 17.9 Å². The molecule has 0 aliphatic carbocycles. The number of rotatable bonds is 25. The molecule has 0 aliphatic rings. The summed E-state index contributed by atoms with van der Waals surface area (Å²) in [6.45, 7) is 5.67. The first-order chi connectivity index (χ1) is 28.9. The SMILES string of the molecule is CCCCCCCCCCCCCCOc1ccc(C(=O)Oc2ccc(C(=O)Oc3ccc(-c4cccc(C(=O)Oc5ccc(OCCCC)cc5)c4)cc3)cc2)cc1. The lowest BCUT2D eigenvalue weighted by molar-refractivity contribution is 0.0723. The lowest BCUT2D eigenvalue weighted by Crippen LogP contribution is -2.10. The van der Waals surface area contributed by atoms with Crippen LogP contribution in [0, 0.1) is 0 Å². The molecule has 0 aliphatic heterocycles. The highest BCUT2D eigenvalue weighted by molar-refractivity contribution is 5.93. The molecule has 0 unspecified atom stereocenters. The van der Waals surface area contributed by atoms with Gasteiger partial charge in [0.25, 0.3) is 0 Å². The molecule has 59 heavy (non-hydrogen) atoms. The molecule has 0 heterocycles. The van der Waals surface area contributed by atoms with Crippen molar-refractivity contribution in [2.24, 2.45) is 0 Å². The zero-order valence-corrected chi connectivity index (χ0v) is 34.6. The van der Waals surface area contributed by atoms with Crippen LogP contribution in [0.1, 0.15) is 135 Å². The molecular formula is C51H58O8. The van der Waals surface area contributed by atoms with Crippen molar-refractivity contribution in [1.29, 1.82) is 0 Å². The van der Waals surface area contributed by atoms with E-state index < -0.39 is 17.9 Å². The maximum absolute atomic E-state index is 12.9. The van der Waals surface area contributed by atoms with Gasteiger partial charge in [-0.05, 0) is 121 Å². The van der Waals surface area contributed by atoms with E-state index in [9.17, 15) is 14.4 Å². The molecule has 0 radical (unpaired) electrons. The molecule has 0 atom stereocenters. The summed E-state index contributed by atoms with van der Waals surface area (Å²) in [7, 11) is 0. The van der Waals surface area contributed by atoms with Crippen molar-refractivity contribution >= 4 is 17.9 Å². The van der Waals surface area contributed by atoms with E-state index in [1.807, 2.05) is 18.2 Å². The lowest BCUT2D eigenvalue weighted by Gasteiger charge is -2.09. The average molecular weight is 799 g/mol. The van der Waals surface area contributed by atoms with Gasteiger partial charge in [0.15, 0.2) is 0 Å². The molecule has 8 nitrogen and oxygen atoms in total. The molecule has 0 N–H and O–H groups in total. The molecule has 5 rings (SSSR count). The fourth-order valence-electron chi connectivity index (χ4n) is 6.46. The monoisotopic (exact) mass is 798 g/mol. The van der Waals surface area contributed by atoms with Gasteiger partial charge in [0.1, 0.15) is 28.7 Å². The van der Waals surface area contributed by atoms with Crippen LogP contribution in [0.4, 0.5) is 0 Å². The fraction of sp³-hybridized carbons (Fsp3) is 0.353. The van der Waals surface area contributed by atoms with Gasteiger partial charge in [-0.3, -0.25) is 0 Å². The van der Waals surface area contributed by atoms with Crippen molar-refractivity contribution in [3.05, 3.63) is 138 Å². The van der Waals surface area contributed by atoms with Gasteiger partial charge in [-0.1, -0.05) is 115 Å². The van der Waals surface area contributed by atoms with Crippen LogP contribution in [0.3, 0.4) is 0 Å². The van der Waals surface area contributed by atoms with Crippen LogP contribution in [0.25, 0.3) is 11.1 Å². The maximum Gasteiger partial charge on any atom is 0.343 e. The van der Waals surface area contributed by atoms with E-state index in [2.05, 4.69) is 13.8 Å². The van der Waals surface area contributed by atoms with Gasteiger partial charge in [0.05, 0.1) is 29.9 Å². The van der Waals surface area contributed by atoms with Crippen LogP contribution in [0.5, 0.6) is 28.7 Å². The Kier molecular flexibility index (Phi) is 18.6. The minimum absolute atomic E-state index is 0.299. The molecule has 0 aromatic heterocycles. The van der Waals surface area contributed by atoms with Crippen molar-refractivity contribution < 1.29 is 38.1 Å². The number of benzene rings is 5. The van der Waals surface area contributed by atoms with E-state index in [1.165, 1.54) is 64.2 Å². The first-order valence-electron chi connectivity index (χ1n) is 21.3. The Morgan fingerprint density at radius 2 is 0.729 bits per heavy atom. The molecule has 0 saturated heterocycles. The quantitative estimate of drug-likeness (QED) is 0.0327. The number of esters is 3. The van der Waals surface area contributed by atoms with Crippen LogP contribution in [0.2, 0.25) is 0 Å². The largest absolute Gasteiger partial charge is 0.494 e. The van der Waals surface area contributed by atoms with Gasteiger partial charge in [-0.2, -0.15) is 0 Å². The van der Waals surface area contributed by atoms with Gasteiger partial charge in [0.2, 0.25) is 0 Å². The Morgan fingerprint density at radius 3 is 1.22 bits per heavy atom. The Labute approximate surface area is 349 Å². The van der Waals surface area contributed by atoms with Crippen molar-refractivity contribution in [1.82, 2.24) is 0 Å². The smallest absolute Gasteiger partial charge is 0.343 e. The Bertz CT molecular complexity index is 2000. The molecule has 5 aromatic carbocycles. The summed E-state index contributed by atoms with van der Waals surface area (Å²) in [6, 6.07) is 34.3. The summed E-state index contributed by atoms with van der Waals surface area (Å²) in [5, 5.41) is 0. The van der Waals surface area contributed by atoms with Crippen molar-refractivity contribution in [3.63, 3.8) is 0 Å². The molecular weight excluding hydrogens is 741 g/mol. The van der Waals surface area contributed by atoms with E-state index in [1.54, 1.807) is 103 Å². The summed E-state index contributed by atoms with van der Waals surface area (Å²) in [4.78, 5) is 38.6. The third-order valence-electron chi connectivity index (χ3n) is 9.95. The molecule has 0 bridgehead atoms. The van der Waals surface area contributed by atoms with Crippen LogP contribution >= 0.6 is 0 Å². The third kappa shape index (κ3) is 15.4. The van der Waals surface area contributed by atoms with E-state index in [-0.39, 0.29) is 0 Å². The number of ether oxygens (including phenoxy) is 5. The van der Waals surface area contributed by atoms with E-state index in [4.69, 9.17) is 23.7 Å². The summed E-state index contributed by atoms with van der Waals surface area (Å²) < 4.78 is 28.3. The second kappa shape index (κ2) is 24.8.